The predicted octanol–water partition coefficient (Wildman–Crippen LogP) is 4.40. The zero-order valence-electron chi connectivity index (χ0n) is 12.8. The lowest BCUT2D eigenvalue weighted by molar-refractivity contribution is 0.0732. The van der Waals surface area contributed by atoms with Crippen LogP contribution in [-0.2, 0) is 18.0 Å². The molecule has 0 amide bonds. The molecule has 0 aromatic heterocycles. The topological polar surface area (TPSA) is 35.5 Å². The summed E-state index contributed by atoms with van der Waals surface area (Å²) in [6, 6.07) is 17.1. The first-order valence-corrected chi connectivity index (χ1v) is 7.63. The van der Waals surface area contributed by atoms with E-state index in [1.807, 2.05) is 36.4 Å². The third kappa shape index (κ3) is 2.30. The Bertz CT molecular complexity index is 898. The van der Waals surface area contributed by atoms with E-state index in [2.05, 4.69) is 13.0 Å². The van der Waals surface area contributed by atoms with Crippen molar-refractivity contribution in [3.8, 4) is 5.75 Å². The van der Waals surface area contributed by atoms with E-state index in [-0.39, 0.29) is 5.97 Å². The molecule has 23 heavy (non-hydrogen) atoms. The fourth-order valence-electron chi connectivity index (χ4n) is 3.14. The van der Waals surface area contributed by atoms with Crippen molar-refractivity contribution in [2.45, 2.75) is 20.1 Å². The summed E-state index contributed by atoms with van der Waals surface area (Å²) in [5.41, 5.74) is 3.88. The van der Waals surface area contributed by atoms with Gasteiger partial charge in [-0.15, -0.1) is 0 Å². The minimum Gasteiger partial charge on any atom is -0.422 e. The minimum absolute atomic E-state index is 0.339. The number of fused-ring (bicyclic) bond motifs is 2. The molecule has 0 aliphatic carbocycles. The molecule has 0 saturated heterocycles. The van der Waals surface area contributed by atoms with Crippen molar-refractivity contribution in [3.05, 3.63) is 76.9 Å². The number of carbonyl (C=O) groups excluding carboxylic acids is 1. The number of carbonyl (C=O) groups is 1. The minimum atomic E-state index is -0.339. The lowest BCUT2D eigenvalue weighted by Crippen LogP contribution is -2.10. The molecule has 0 fully saturated rings. The highest BCUT2D eigenvalue weighted by Gasteiger charge is 2.24. The maximum Gasteiger partial charge on any atom is 0.343 e. The van der Waals surface area contributed by atoms with Crippen LogP contribution in [0.4, 0.5) is 0 Å². The highest BCUT2D eigenvalue weighted by atomic mass is 16.5. The van der Waals surface area contributed by atoms with E-state index in [0.29, 0.717) is 24.5 Å². The quantitative estimate of drug-likeness (QED) is 0.520. The Kier molecular flexibility index (Phi) is 3.36. The fraction of sp³-hybridized carbons (Fsp3) is 0.150. The maximum atomic E-state index is 12.5. The molecule has 1 heterocycles. The first kappa shape index (κ1) is 14.0. The summed E-state index contributed by atoms with van der Waals surface area (Å²) in [5.74, 6) is 0.293. The standard InChI is InChI=1S/C20H16O3/c1-13-15-9-5-6-10-16(15)19(18-12-22-11-17(13)18)23-20(21)14-7-3-2-4-8-14/h2-10H,11-12H2,1H3. The average molecular weight is 304 g/mol. The van der Waals surface area contributed by atoms with Crippen LogP contribution in [0, 0.1) is 6.92 Å². The molecular formula is C20H16O3. The Morgan fingerprint density at radius 2 is 1.57 bits per heavy atom. The molecule has 0 N–H and O–H groups in total. The smallest absolute Gasteiger partial charge is 0.343 e. The van der Waals surface area contributed by atoms with Gasteiger partial charge < -0.3 is 9.47 Å². The molecule has 0 saturated carbocycles. The van der Waals surface area contributed by atoms with Crippen molar-refractivity contribution in [2.24, 2.45) is 0 Å². The van der Waals surface area contributed by atoms with Crippen LogP contribution in [-0.4, -0.2) is 5.97 Å². The second-order valence-corrected chi connectivity index (χ2v) is 5.71. The van der Waals surface area contributed by atoms with Gasteiger partial charge in [-0.2, -0.15) is 0 Å². The van der Waals surface area contributed by atoms with Gasteiger partial charge in [0, 0.05) is 10.9 Å². The van der Waals surface area contributed by atoms with Crippen molar-refractivity contribution in [3.63, 3.8) is 0 Å². The Balaban J connectivity index is 1.87. The van der Waals surface area contributed by atoms with Crippen LogP contribution in [0.1, 0.15) is 27.0 Å². The Morgan fingerprint density at radius 1 is 0.913 bits per heavy atom. The lowest BCUT2D eigenvalue weighted by atomic mass is 9.95. The lowest BCUT2D eigenvalue weighted by Gasteiger charge is -2.15. The number of hydrogen-bond donors (Lipinski definition) is 0. The predicted molar refractivity (Wildman–Crippen MR) is 88.6 cm³/mol. The normalized spacial score (nSPS) is 13.1. The van der Waals surface area contributed by atoms with Crippen molar-refractivity contribution in [2.75, 3.05) is 0 Å². The van der Waals surface area contributed by atoms with E-state index in [9.17, 15) is 4.79 Å². The molecule has 4 rings (SSSR count). The molecule has 3 heteroatoms. The van der Waals surface area contributed by atoms with E-state index in [1.54, 1.807) is 12.1 Å². The van der Waals surface area contributed by atoms with Gasteiger partial charge in [0.05, 0.1) is 18.8 Å². The van der Waals surface area contributed by atoms with E-state index in [0.717, 1.165) is 21.9 Å². The summed E-state index contributed by atoms with van der Waals surface area (Å²) in [6.07, 6.45) is 0. The van der Waals surface area contributed by atoms with Crippen LogP contribution in [0.2, 0.25) is 0 Å². The van der Waals surface area contributed by atoms with Gasteiger partial charge in [0.15, 0.2) is 0 Å². The molecule has 0 unspecified atom stereocenters. The number of benzene rings is 3. The van der Waals surface area contributed by atoms with Gasteiger partial charge >= 0.3 is 5.97 Å². The molecule has 114 valence electrons. The first-order chi connectivity index (χ1) is 11.3. The number of rotatable bonds is 2. The van der Waals surface area contributed by atoms with E-state index >= 15 is 0 Å². The van der Waals surface area contributed by atoms with E-state index < -0.39 is 0 Å². The number of ether oxygens (including phenoxy) is 2. The van der Waals surface area contributed by atoms with Crippen LogP contribution in [0.3, 0.4) is 0 Å². The van der Waals surface area contributed by atoms with Crippen LogP contribution >= 0.6 is 0 Å². The second-order valence-electron chi connectivity index (χ2n) is 5.71. The molecule has 1 aliphatic rings. The van der Waals surface area contributed by atoms with Gasteiger partial charge in [-0.3, -0.25) is 0 Å². The summed E-state index contributed by atoms with van der Waals surface area (Å²) < 4.78 is 11.4. The van der Waals surface area contributed by atoms with Crippen molar-refractivity contribution in [1.29, 1.82) is 0 Å². The number of esters is 1. The van der Waals surface area contributed by atoms with Crippen LogP contribution in [0.25, 0.3) is 10.8 Å². The van der Waals surface area contributed by atoms with Crippen LogP contribution in [0.5, 0.6) is 5.75 Å². The Labute approximate surface area is 134 Å². The zero-order chi connectivity index (χ0) is 15.8. The molecule has 0 bridgehead atoms. The van der Waals surface area contributed by atoms with Gasteiger partial charge in [0.25, 0.3) is 0 Å². The van der Waals surface area contributed by atoms with Gasteiger partial charge in [-0.1, -0.05) is 42.5 Å². The van der Waals surface area contributed by atoms with Gasteiger partial charge in [-0.25, -0.2) is 4.79 Å². The van der Waals surface area contributed by atoms with Crippen LogP contribution in [0.15, 0.2) is 54.6 Å². The second kappa shape index (κ2) is 5.52. The highest BCUT2D eigenvalue weighted by molar-refractivity contribution is 5.98. The zero-order valence-corrected chi connectivity index (χ0v) is 12.8. The molecule has 0 radical (unpaired) electrons. The van der Waals surface area contributed by atoms with Crippen molar-refractivity contribution < 1.29 is 14.3 Å². The first-order valence-electron chi connectivity index (χ1n) is 7.63. The molecule has 3 nitrogen and oxygen atoms in total. The molecule has 3 aromatic rings. The number of aryl methyl sites for hydroxylation is 1. The third-order valence-electron chi connectivity index (χ3n) is 4.36. The molecule has 0 spiro atoms. The SMILES string of the molecule is Cc1c2c(c(OC(=O)c3ccccc3)c3ccccc13)COC2. The van der Waals surface area contributed by atoms with Crippen molar-refractivity contribution >= 4 is 16.7 Å². The largest absolute Gasteiger partial charge is 0.422 e. The van der Waals surface area contributed by atoms with Gasteiger partial charge in [0.2, 0.25) is 0 Å². The fourth-order valence-corrected chi connectivity index (χ4v) is 3.14. The molecule has 1 aliphatic heterocycles. The van der Waals surface area contributed by atoms with E-state index in [1.165, 1.54) is 5.56 Å². The summed E-state index contributed by atoms with van der Waals surface area (Å²) >= 11 is 0. The third-order valence-corrected chi connectivity index (χ3v) is 4.36. The Hall–Kier alpha value is -2.65. The summed E-state index contributed by atoms with van der Waals surface area (Å²) in [6.45, 7) is 3.15. The monoisotopic (exact) mass is 304 g/mol. The highest BCUT2D eigenvalue weighted by Crippen LogP contribution is 2.40. The van der Waals surface area contributed by atoms with Gasteiger partial charge in [-0.05, 0) is 35.6 Å². The summed E-state index contributed by atoms with van der Waals surface area (Å²) in [5, 5.41) is 2.06. The Morgan fingerprint density at radius 3 is 2.35 bits per heavy atom. The van der Waals surface area contributed by atoms with Crippen LogP contribution < -0.4 is 4.74 Å². The molecular weight excluding hydrogens is 288 g/mol. The summed E-state index contributed by atoms with van der Waals surface area (Å²) in [7, 11) is 0. The number of hydrogen-bond acceptors (Lipinski definition) is 3. The summed E-state index contributed by atoms with van der Waals surface area (Å²) in [4.78, 5) is 12.5. The maximum absolute atomic E-state index is 12.5. The molecule has 0 atom stereocenters. The van der Waals surface area contributed by atoms with Gasteiger partial charge in [0.1, 0.15) is 5.75 Å². The van der Waals surface area contributed by atoms with E-state index in [4.69, 9.17) is 9.47 Å². The average Bonchev–Trinajstić information content (AvgIpc) is 3.09. The molecule has 3 aromatic carbocycles. The van der Waals surface area contributed by atoms with Crippen molar-refractivity contribution in [1.82, 2.24) is 0 Å².